The van der Waals surface area contributed by atoms with Crippen LogP contribution in [-0.4, -0.2) is 16.0 Å². The summed E-state index contributed by atoms with van der Waals surface area (Å²) in [6.45, 7) is 3.91. The topological polar surface area (TPSA) is 52.8 Å². The van der Waals surface area contributed by atoms with E-state index in [1.807, 2.05) is 12.1 Å². The van der Waals surface area contributed by atoms with Gasteiger partial charge < -0.3 is 10.3 Å². The first-order chi connectivity index (χ1) is 9.19. The molecule has 0 unspecified atom stereocenters. The summed E-state index contributed by atoms with van der Waals surface area (Å²) < 4.78 is 0. The van der Waals surface area contributed by atoms with Crippen molar-refractivity contribution in [3.05, 3.63) is 29.3 Å². The van der Waals surface area contributed by atoms with Crippen LogP contribution in [0.15, 0.2) is 23.4 Å². The maximum Gasteiger partial charge on any atom is 0.124 e. The summed E-state index contributed by atoms with van der Waals surface area (Å²) in [5, 5.41) is 21.6. The number of hydrogen-bond donors (Lipinski definition) is 2. The van der Waals surface area contributed by atoms with Crippen molar-refractivity contribution in [2.45, 2.75) is 58.8 Å². The smallest absolute Gasteiger partial charge is 0.124 e. The number of aromatic hydroxyl groups is 1. The summed E-state index contributed by atoms with van der Waals surface area (Å²) in [5.74, 6) is 0.169. The zero-order valence-corrected chi connectivity index (χ0v) is 12.0. The third-order valence-electron chi connectivity index (χ3n) is 3.42. The number of phenolic OH excluding ortho intramolecular Hbond substituents is 1. The Kier molecular flexibility index (Phi) is 7.01. The second-order valence-corrected chi connectivity index (χ2v) is 5.05. The Morgan fingerprint density at radius 1 is 1.11 bits per heavy atom. The van der Waals surface area contributed by atoms with Gasteiger partial charge in [0.25, 0.3) is 0 Å². The third kappa shape index (κ3) is 5.33. The Bertz CT molecular complexity index is 413. The van der Waals surface area contributed by atoms with Crippen LogP contribution in [0.1, 0.15) is 63.5 Å². The summed E-state index contributed by atoms with van der Waals surface area (Å²) in [6, 6.07) is 5.53. The standard InChI is InChI=1S/C16H25NO2/c1-3-4-5-6-7-8-9-14-10-11-16(18)15(12-14)13(2)17-19/h10-12,18-19H,3-9H2,1-2H3/b17-13+. The second kappa shape index (κ2) is 8.57. The van der Waals surface area contributed by atoms with Gasteiger partial charge in [-0.1, -0.05) is 50.2 Å². The molecule has 0 spiro atoms. The molecule has 0 fully saturated rings. The first kappa shape index (κ1) is 15.5. The van der Waals surface area contributed by atoms with Crippen LogP contribution in [0.5, 0.6) is 5.75 Å². The lowest BCUT2D eigenvalue weighted by Crippen LogP contribution is -1.97. The number of benzene rings is 1. The summed E-state index contributed by atoms with van der Waals surface area (Å²) in [7, 11) is 0. The van der Waals surface area contributed by atoms with Gasteiger partial charge in [-0.25, -0.2) is 0 Å². The average molecular weight is 263 g/mol. The highest BCUT2D eigenvalue weighted by molar-refractivity contribution is 6.00. The Hall–Kier alpha value is -1.51. The van der Waals surface area contributed by atoms with Crippen LogP contribution in [0.2, 0.25) is 0 Å². The molecule has 0 aliphatic carbocycles. The van der Waals surface area contributed by atoms with E-state index in [4.69, 9.17) is 5.21 Å². The molecule has 0 amide bonds. The molecule has 106 valence electrons. The van der Waals surface area contributed by atoms with Crippen LogP contribution >= 0.6 is 0 Å². The highest BCUT2D eigenvalue weighted by Crippen LogP contribution is 2.21. The molecule has 0 heterocycles. The minimum atomic E-state index is 0.169. The van der Waals surface area contributed by atoms with Gasteiger partial charge in [0.2, 0.25) is 0 Å². The molecule has 0 saturated carbocycles. The molecule has 1 aromatic rings. The van der Waals surface area contributed by atoms with Gasteiger partial charge in [-0.2, -0.15) is 0 Å². The maximum atomic E-state index is 9.71. The molecule has 2 N–H and O–H groups in total. The number of unbranched alkanes of at least 4 members (excludes halogenated alkanes) is 5. The lowest BCUT2D eigenvalue weighted by molar-refractivity contribution is 0.318. The largest absolute Gasteiger partial charge is 0.507 e. The van der Waals surface area contributed by atoms with E-state index in [0.29, 0.717) is 11.3 Å². The molecule has 3 nitrogen and oxygen atoms in total. The molecule has 0 saturated heterocycles. The van der Waals surface area contributed by atoms with Gasteiger partial charge in [0, 0.05) is 5.56 Å². The van der Waals surface area contributed by atoms with E-state index >= 15 is 0 Å². The van der Waals surface area contributed by atoms with Crippen LogP contribution in [0.3, 0.4) is 0 Å². The fourth-order valence-corrected chi connectivity index (χ4v) is 2.19. The van der Waals surface area contributed by atoms with E-state index in [1.54, 1.807) is 13.0 Å². The summed E-state index contributed by atoms with van der Waals surface area (Å²) in [4.78, 5) is 0. The fourth-order valence-electron chi connectivity index (χ4n) is 2.19. The second-order valence-electron chi connectivity index (χ2n) is 5.05. The number of oxime groups is 1. The number of nitrogens with zero attached hydrogens (tertiary/aromatic N) is 1. The SMILES string of the molecule is CCCCCCCCc1ccc(O)c(/C(C)=N/O)c1. The van der Waals surface area contributed by atoms with E-state index in [9.17, 15) is 5.11 Å². The van der Waals surface area contributed by atoms with Crippen LogP contribution in [-0.2, 0) is 6.42 Å². The molecule has 0 aliphatic heterocycles. The minimum absolute atomic E-state index is 0.169. The molecule has 0 aliphatic rings. The van der Waals surface area contributed by atoms with Crippen LogP contribution < -0.4 is 0 Å². The average Bonchev–Trinajstić information content (AvgIpc) is 2.43. The Labute approximate surface area is 116 Å². The van der Waals surface area contributed by atoms with Crippen LogP contribution in [0, 0.1) is 0 Å². The molecule has 19 heavy (non-hydrogen) atoms. The highest BCUT2D eigenvalue weighted by atomic mass is 16.4. The molecule has 1 aromatic carbocycles. The van der Waals surface area contributed by atoms with Crippen LogP contribution in [0.25, 0.3) is 0 Å². The van der Waals surface area contributed by atoms with Gasteiger partial charge in [-0.15, -0.1) is 0 Å². The minimum Gasteiger partial charge on any atom is -0.507 e. The van der Waals surface area contributed by atoms with Gasteiger partial charge in [-0.3, -0.25) is 0 Å². The molecule has 3 heteroatoms. The van der Waals surface area contributed by atoms with Crippen LogP contribution in [0.4, 0.5) is 0 Å². The Morgan fingerprint density at radius 3 is 2.47 bits per heavy atom. The van der Waals surface area contributed by atoms with Gasteiger partial charge in [-0.05, 0) is 37.5 Å². The number of hydrogen-bond acceptors (Lipinski definition) is 3. The Morgan fingerprint density at radius 2 is 1.79 bits per heavy atom. The van der Waals surface area contributed by atoms with Crippen molar-refractivity contribution in [2.24, 2.45) is 5.16 Å². The maximum absolute atomic E-state index is 9.71. The zero-order valence-electron chi connectivity index (χ0n) is 12.0. The van der Waals surface area contributed by atoms with Gasteiger partial charge >= 0.3 is 0 Å². The lowest BCUT2D eigenvalue weighted by Gasteiger charge is -2.07. The summed E-state index contributed by atoms with van der Waals surface area (Å²) in [6.07, 6.45) is 8.67. The van der Waals surface area contributed by atoms with E-state index in [-0.39, 0.29) is 5.75 Å². The third-order valence-corrected chi connectivity index (χ3v) is 3.42. The van der Waals surface area contributed by atoms with Crippen molar-refractivity contribution in [1.29, 1.82) is 0 Å². The molecule has 1 rings (SSSR count). The monoisotopic (exact) mass is 263 g/mol. The first-order valence-electron chi connectivity index (χ1n) is 7.20. The predicted octanol–water partition coefficient (Wildman–Crippen LogP) is 4.49. The van der Waals surface area contributed by atoms with Crippen molar-refractivity contribution >= 4 is 5.71 Å². The molecule has 0 aromatic heterocycles. The zero-order chi connectivity index (χ0) is 14.1. The Balaban J connectivity index is 2.46. The van der Waals surface area contributed by atoms with Crippen molar-refractivity contribution in [3.63, 3.8) is 0 Å². The lowest BCUT2D eigenvalue weighted by atomic mass is 10.0. The molecular weight excluding hydrogens is 238 g/mol. The number of rotatable bonds is 8. The fraction of sp³-hybridized carbons (Fsp3) is 0.562. The van der Waals surface area contributed by atoms with E-state index in [0.717, 1.165) is 6.42 Å². The number of phenols is 1. The normalized spacial score (nSPS) is 11.8. The van der Waals surface area contributed by atoms with Crippen molar-refractivity contribution in [3.8, 4) is 5.75 Å². The first-order valence-corrected chi connectivity index (χ1v) is 7.20. The summed E-state index contributed by atoms with van der Waals surface area (Å²) >= 11 is 0. The highest BCUT2D eigenvalue weighted by Gasteiger charge is 2.06. The summed E-state index contributed by atoms with van der Waals surface area (Å²) in [5.41, 5.74) is 2.25. The van der Waals surface area contributed by atoms with E-state index in [1.165, 1.54) is 44.1 Å². The van der Waals surface area contributed by atoms with Gasteiger partial charge in [0.05, 0.1) is 5.71 Å². The molecule has 0 atom stereocenters. The number of aryl methyl sites for hydroxylation is 1. The van der Waals surface area contributed by atoms with Gasteiger partial charge in [0.15, 0.2) is 0 Å². The van der Waals surface area contributed by atoms with Gasteiger partial charge in [0.1, 0.15) is 5.75 Å². The van der Waals surface area contributed by atoms with E-state index in [2.05, 4.69) is 12.1 Å². The molecule has 0 bridgehead atoms. The van der Waals surface area contributed by atoms with E-state index < -0.39 is 0 Å². The van der Waals surface area contributed by atoms with Crippen molar-refractivity contribution in [2.75, 3.05) is 0 Å². The predicted molar refractivity (Wildman–Crippen MR) is 79.2 cm³/mol. The quantitative estimate of drug-likeness (QED) is 0.314. The molecule has 0 radical (unpaired) electrons. The van der Waals surface area contributed by atoms with Crippen molar-refractivity contribution in [1.82, 2.24) is 0 Å². The molecular formula is C16H25NO2. The van der Waals surface area contributed by atoms with Crippen molar-refractivity contribution < 1.29 is 10.3 Å².